The van der Waals surface area contributed by atoms with Crippen molar-refractivity contribution < 1.29 is 32.4 Å². The molecule has 2 aromatic carbocycles. The summed E-state index contributed by atoms with van der Waals surface area (Å²) in [5.41, 5.74) is -0.656. The second kappa shape index (κ2) is 10.4. The maximum atomic E-state index is 13.2. The molecule has 33 heavy (non-hydrogen) atoms. The zero-order valence-electron chi connectivity index (χ0n) is 17.1. The Bertz CT molecular complexity index is 1040. The highest BCUT2D eigenvalue weighted by Gasteiger charge is 2.32. The molecule has 0 spiro atoms. The number of nitrogens with one attached hydrogen (secondary N) is 2. The van der Waals surface area contributed by atoms with Crippen molar-refractivity contribution in [2.75, 3.05) is 43.1 Å². The Balaban J connectivity index is 1.68. The summed E-state index contributed by atoms with van der Waals surface area (Å²) in [4.78, 5) is 24.4. The highest BCUT2D eigenvalue weighted by Crippen LogP contribution is 2.35. The van der Waals surface area contributed by atoms with E-state index in [2.05, 4.69) is 10.6 Å². The molecule has 0 bridgehead atoms. The van der Waals surface area contributed by atoms with E-state index in [0.29, 0.717) is 32.0 Å². The van der Waals surface area contributed by atoms with Crippen LogP contribution in [0.2, 0.25) is 0 Å². The molecule has 176 valence electrons. The van der Waals surface area contributed by atoms with Crippen LogP contribution in [0.4, 0.5) is 30.2 Å². The largest absolute Gasteiger partial charge is 0.477 e. The van der Waals surface area contributed by atoms with E-state index in [-0.39, 0.29) is 22.2 Å². The first-order chi connectivity index (χ1) is 15.6. The number of nitro benzene ring substituents is 1. The zero-order chi connectivity index (χ0) is 24.0. The Morgan fingerprint density at radius 2 is 1.91 bits per heavy atom. The molecule has 1 saturated heterocycles. The number of anilines is 2. The summed E-state index contributed by atoms with van der Waals surface area (Å²) >= 11 is 5.08. The number of carbonyl (C=O) groups excluding carboxylic acids is 1. The number of hydrogen-bond acceptors (Lipinski definition) is 7. The lowest BCUT2D eigenvalue weighted by Gasteiger charge is -2.31. The smallest absolute Gasteiger partial charge is 0.416 e. The highest BCUT2D eigenvalue weighted by atomic mass is 32.1. The van der Waals surface area contributed by atoms with Gasteiger partial charge in [-0.25, -0.2) is 0 Å². The molecule has 1 aliphatic heterocycles. The number of nitrogens with zero attached hydrogens (tertiary/aromatic N) is 2. The van der Waals surface area contributed by atoms with Crippen molar-refractivity contribution in [2.45, 2.75) is 6.18 Å². The van der Waals surface area contributed by atoms with Crippen LogP contribution in [0.25, 0.3) is 0 Å². The van der Waals surface area contributed by atoms with Crippen LogP contribution in [0.3, 0.4) is 0 Å². The predicted molar refractivity (Wildman–Crippen MR) is 117 cm³/mol. The van der Waals surface area contributed by atoms with Crippen LogP contribution < -0.4 is 20.3 Å². The SMILES string of the molecule is O=C(COc1ccccc1[N+](=O)[O-])NC(=S)Nc1cc(C(F)(F)F)ccc1N1CCOCC1. The minimum atomic E-state index is -4.57. The van der Waals surface area contributed by atoms with Gasteiger partial charge in [-0.1, -0.05) is 12.1 Å². The van der Waals surface area contributed by atoms with Crippen molar-refractivity contribution in [1.29, 1.82) is 0 Å². The van der Waals surface area contributed by atoms with Crippen molar-refractivity contribution in [3.63, 3.8) is 0 Å². The summed E-state index contributed by atoms with van der Waals surface area (Å²) in [5, 5.41) is 15.7. The molecule has 0 radical (unpaired) electrons. The van der Waals surface area contributed by atoms with Crippen LogP contribution in [0.15, 0.2) is 42.5 Å². The molecule has 0 atom stereocenters. The molecule has 1 amide bonds. The van der Waals surface area contributed by atoms with Gasteiger partial charge in [0.05, 0.1) is 35.1 Å². The molecule has 0 aliphatic carbocycles. The van der Waals surface area contributed by atoms with Gasteiger partial charge in [-0.3, -0.25) is 20.2 Å². The fourth-order valence-electron chi connectivity index (χ4n) is 3.08. The summed E-state index contributed by atoms with van der Waals surface area (Å²) in [6.07, 6.45) is -4.57. The predicted octanol–water partition coefficient (Wildman–Crippen LogP) is 3.34. The number of halogens is 3. The van der Waals surface area contributed by atoms with Crippen molar-refractivity contribution in [3.05, 3.63) is 58.1 Å². The van der Waals surface area contributed by atoms with Crippen LogP contribution in [0.1, 0.15) is 5.56 Å². The Hall–Kier alpha value is -3.45. The van der Waals surface area contributed by atoms with E-state index in [9.17, 15) is 28.1 Å². The second-order valence-corrected chi connectivity index (χ2v) is 7.25. The number of carbonyl (C=O) groups is 1. The third-order valence-electron chi connectivity index (χ3n) is 4.60. The maximum Gasteiger partial charge on any atom is 0.416 e. The number of rotatable bonds is 6. The summed E-state index contributed by atoms with van der Waals surface area (Å²) in [5.74, 6) is -0.852. The lowest BCUT2D eigenvalue weighted by molar-refractivity contribution is -0.385. The van der Waals surface area contributed by atoms with Crippen molar-refractivity contribution in [2.24, 2.45) is 0 Å². The van der Waals surface area contributed by atoms with Gasteiger partial charge in [0.2, 0.25) is 0 Å². The Morgan fingerprint density at radius 1 is 1.21 bits per heavy atom. The average Bonchev–Trinajstić information content (AvgIpc) is 2.77. The van der Waals surface area contributed by atoms with Crippen molar-refractivity contribution in [1.82, 2.24) is 5.32 Å². The minimum absolute atomic E-state index is 0.0663. The Morgan fingerprint density at radius 3 is 2.58 bits per heavy atom. The first-order valence-corrected chi connectivity index (χ1v) is 10.1. The van der Waals surface area contributed by atoms with Crippen LogP contribution >= 0.6 is 12.2 Å². The van der Waals surface area contributed by atoms with Gasteiger partial charge in [-0.15, -0.1) is 0 Å². The number of ether oxygens (including phenoxy) is 2. The molecule has 0 unspecified atom stereocenters. The van der Waals surface area contributed by atoms with Crippen LogP contribution in [-0.2, 0) is 15.7 Å². The van der Waals surface area contributed by atoms with E-state index in [1.54, 1.807) is 0 Å². The van der Waals surface area contributed by atoms with Crippen LogP contribution in [0, 0.1) is 10.1 Å². The lowest BCUT2D eigenvalue weighted by atomic mass is 10.1. The molecule has 1 aliphatic rings. The van der Waals surface area contributed by atoms with Gasteiger partial charge < -0.3 is 19.7 Å². The van der Waals surface area contributed by atoms with Gasteiger partial charge in [-0.2, -0.15) is 13.2 Å². The Labute approximate surface area is 191 Å². The van der Waals surface area contributed by atoms with E-state index >= 15 is 0 Å². The number of para-hydroxylation sites is 2. The first-order valence-electron chi connectivity index (χ1n) is 9.66. The molecule has 0 saturated carbocycles. The molecular formula is C20H19F3N4O5S. The summed E-state index contributed by atoms with van der Waals surface area (Å²) in [6, 6.07) is 8.72. The zero-order valence-corrected chi connectivity index (χ0v) is 17.9. The molecule has 2 N–H and O–H groups in total. The number of hydrogen-bond donors (Lipinski definition) is 2. The normalized spacial score (nSPS) is 13.8. The molecule has 13 heteroatoms. The number of benzene rings is 2. The van der Waals surface area contributed by atoms with Crippen LogP contribution in [-0.4, -0.2) is 48.9 Å². The molecule has 9 nitrogen and oxygen atoms in total. The topological polar surface area (TPSA) is 106 Å². The number of amides is 1. The number of thiocarbonyl (C=S) groups is 1. The highest BCUT2D eigenvalue weighted by molar-refractivity contribution is 7.80. The summed E-state index contributed by atoms with van der Waals surface area (Å²) < 4.78 is 50.1. The van der Waals surface area contributed by atoms with Gasteiger partial charge in [0, 0.05) is 19.2 Å². The van der Waals surface area contributed by atoms with Gasteiger partial charge in [0.15, 0.2) is 17.5 Å². The minimum Gasteiger partial charge on any atom is -0.477 e. The number of morpholine rings is 1. The van der Waals surface area contributed by atoms with Gasteiger partial charge in [0.1, 0.15) is 0 Å². The van der Waals surface area contributed by atoms with Crippen molar-refractivity contribution >= 4 is 40.3 Å². The summed E-state index contributed by atoms with van der Waals surface area (Å²) in [7, 11) is 0. The number of alkyl halides is 3. The first kappa shape index (κ1) is 24.2. The average molecular weight is 484 g/mol. The third-order valence-corrected chi connectivity index (χ3v) is 4.80. The van der Waals surface area contributed by atoms with E-state index in [1.807, 2.05) is 4.90 Å². The molecule has 3 rings (SSSR count). The quantitative estimate of drug-likeness (QED) is 0.365. The lowest BCUT2D eigenvalue weighted by Crippen LogP contribution is -2.39. The van der Waals surface area contributed by atoms with E-state index in [4.69, 9.17) is 21.7 Å². The monoisotopic (exact) mass is 484 g/mol. The fourth-order valence-corrected chi connectivity index (χ4v) is 3.31. The van der Waals surface area contributed by atoms with Crippen LogP contribution in [0.5, 0.6) is 5.75 Å². The third kappa shape index (κ3) is 6.52. The van der Waals surface area contributed by atoms with E-state index in [1.165, 1.54) is 30.3 Å². The van der Waals surface area contributed by atoms with Gasteiger partial charge in [-0.05, 0) is 36.5 Å². The standard InChI is InChI=1S/C20H19F3N4O5S/c21-20(22,23)13-5-6-15(26-7-9-31-10-8-26)14(11-13)24-19(33)25-18(28)12-32-17-4-2-1-3-16(17)27(29)30/h1-6,11H,7-10,12H2,(H2,24,25,28,33). The molecule has 1 heterocycles. The molecule has 2 aromatic rings. The Kier molecular flexibility index (Phi) is 7.66. The molecule has 0 aromatic heterocycles. The number of nitro groups is 1. The van der Waals surface area contributed by atoms with Gasteiger partial charge in [0.25, 0.3) is 5.91 Å². The molecule has 1 fully saturated rings. The molecular weight excluding hydrogens is 465 g/mol. The van der Waals surface area contributed by atoms with Gasteiger partial charge >= 0.3 is 11.9 Å². The fraction of sp³-hybridized carbons (Fsp3) is 0.300. The summed E-state index contributed by atoms with van der Waals surface area (Å²) in [6.45, 7) is 1.20. The van der Waals surface area contributed by atoms with Crippen molar-refractivity contribution in [3.8, 4) is 5.75 Å². The van der Waals surface area contributed by atoms with E-state index < -0.39 is 29.2 Å². The second-order valence-electron chi connectivity index (χ2n) is 6.84. The maximum absolute atomic E-state index is 13.2. The van der Waals surface area contributed by atoms with E-state index in [0.717, 1.165) is 12.1 Å².